The van der Waals surface area contributed by atoms with Gasteiger partial charge < -0.3 is 4.52 Å². The van der Waals surface area contributed by atoms with Crippen LogP contribution in [-0.4, -0.2) is 27.1 Å². The zero-order valence-electron chi connectivity index (χ0n) is 15.1. The second-order valence-corrected chi connectivity index (χ2v) is 6.39. The molecule has 0 aliphatic carbocycles. The van der Waals surface area contributed by atoms with E-state index in [1.807, 2.05) is 24.3 Å². The maximum atomic E-state index is 5.48. The van der Waals surface area contributed by atoms with E-state index in [9.17, 15) is 0 Å². The highest BCUT2D eigenvalue weighted by Gasteiger charge is 2.21. The van der Waals surface area contributed by atoms with Crippen molar-refractivity contribution in [1.82, 2.24) is 20.0 Å². The van der Waals surface area contributed by atoms with Crippen LogP contribution in [0, 0.1) is 0 Å². The Morgan fingerprint density at radius 1 is 0.889 bits per heavy atom. The zero-order valence-corrected chi connectivity index (χ0v) is 15.1. The minimum absolute atomic E-state index is 0.0983. The van der Waals surface area contributed by atoms with Crippen molar-refractivity contribution in [3.8, 4) is 11.4 Å². The van der Waals surface area contributed by atoms with Crippen LogP contribution in [0.5, 0.6) is 0 Å². The maximum absolute atomic E-state index is 5.48. The molecule has 4 aromatic rings. The predicted octanol–water partition coefficient (Wildman–Crippen LogP) is 4.35. The molecule has 27 heavy (non-hydrogen) atoms. The first-order chi connectivity index (χ1) is 13.3. The smallest absolute Gasteiger partial charge is 0.241 e. The summed E-state index contributed by atoms with van der Waals surface area (Å²) in [7, 11) is 2.07. The van der Waals surface area contributed by atoms with Crippen molar-refractivity contribution in [2.75, 3.05) is 7.05 Å². The average molecular weight is 356 g/mol. The van der Waals surface area contributed by atoms with E-state index >= 15 is 0 Å². The van der Waals surface area contributed by atoms with E-state index in [4.69, 9.17) is 4.52 Å². The van der Waals surface area contributed by atoms with Crippen LogP contribution >= 0.6 is 0 Å². The minimum atomic E-state index is 0.0983. The number of pyridine rings is 1. The maximum Gasteiger partial charge on any atom is 0.241 e. The molecular weight excluding hydrogens is 336 g/mol. The Hall–Kier alpha value is -3.31. The molecule has 0 radical (unpaired) electrons. The summed E-state index contributed by atoms with van der Waals surface area (Å²) in [6.45, 7) is 0.543. The molecule has 0 saturated heterocycles. The quantitative estimate of drug-likeness (QED) is 0.514. The van der Waals surface area contributed by atoms with Gasteiger partial charge in [0.05, 0.1) is 12.6 Å². The second-order valence-electron chi connectivity index (χ2n) is 6.39. The normalized spacial score (nSPS) is 11.2. The van der Waals surface area contributed by atoms with Crippen molar-refractivity contribution in [1.29, 1.82) is 0 Å². The molecule has 0 fully saturated rings. The third-order valence-electron chi connectivity index (χ3n) is 4.44. The number of hydrogen-bond acceptors (Lipinski definition) is 5. The van der Waals surface area contributed by atoms with Crippen LogP contribution in [0.1, 0.15) is 23.1 Å². The number of nitrogens with zero attached hydrogens (tertiary/aromatic N) is 4. The fourth-order valence-electron chi connectivity index (χ4n) is 3.21. The number of aromatic nitrogens is 3. The van der Waals surface area contributed by atoms with Crippen molar-refractivity contribution >= 4 is 0 Å². The third kappa shape index (κ3) is 3.93. The lowest BCUT2D eigenvalue weighted by Crippen LogP contribution is -2.25. The summed E-state index contributed by atoms with van der Waals surface area (Å²) in [6.07, 6.45) is 3.46. The van der Waals surface area contributed by atoms with Gasteiger partial charge in [-0.1, -0.05) is 65.8 Å². The summed E-state index contributed by atoms with van der Waals surface area (Å²) in [5.41, 5.74) is 3.29. The second kappa shape index (κ2) is 7.93. The van der Waals surface area contributed by atoms with E-state index in [2.05, 4.69) is 75.6 Å². The molecule has 2 heterocycles. The van der Waals surface area contributed by atoms with E-state index in [0.717, 1.165) is 5.56 Å². The molecule has 0 aliphatic rings. The van der Waals surface area contributed by atoms with Crippen LogP contribution in [0.2, 0.25) is 0 Å². The van der Waals surface area contributed by atoms with Crippen LogP contribution in [0.4, 0.5) is 0 Å². The van der Waals surface area contributed by atoms with Gasteiger partial charge in [-0.3, -0.25) is 9.88 Å². The Morgan fingerprint density at radius 2 is 1.56 bits per heavy atom. The van der Waals surface area contributed by atoms with E-state index in [-0.39, 0.29) is 6.04 Å². The van der Waals surface area contributed by atoms with Crippen LogP contribution in [0.25, 0.3) is 11.4 Å². The van der Waals surface area contributed by atoms with E-state index in [1.54, 1.807) is 12.4 Å². The molecule has 2 aromatic carbocycles. The van der Waals surface area contributed by atoms with Gasteiger partial charge in [0.15, 0.2) is 0 Å². The fraction of sp³-hybridized carbons (Fsp3) is 0.136. The van der Waals surface area contributed by atoms with Gasteiger partial charge in [0.25, 0.3) is 0 Å². The standard InChI is InChI=1S/C22H20N4O/c1-26(16-20-24-22(25-27-20)19-13-8-14-23-15-19)21(17-9-4-2-5-10-17)18-11-6-3-7-12-18/h2-15,21H,16H2,1H3. The van der Waals surface area contributed by atoms with E-state index < -0.39 is 0 Å². The van der Waals surface area contributed by atoms with Crippen LogP contribution in [-0.2, 0) is 6.54 Å². The lowest BCUT2D eigenvalue weighted by atomic mass is 9.97. The van der Waals surface area contributed by atoms with Gasteiger partial charge in [-0.25, -0.2) is 0 Å². The average Bonchev–Trinajstić information content (AvgIpc) is 3.19. The van der Waals surface area contributed by atoms with Gasteiger partial charge in [-0.15, -0.1) is 0 Å². The Labute approximate surface area is 158 Å². The van der Waals surface area contributed by atoms with E-state index in [1.165, 1.54) is 11.1 Å². The SMILES string of the molecule is CN(Cc1nc(-c2cccnc2)no1)C(c1ccccc1)c1ccccc1. The lowest BCUT2D eigenvalue weighted by Gasteiger charge is -2.27. The number of rotatable bonds is 6. The predicted molar refractivity (Wildman–Crippen MR) is 104 cm³/mol. The molecule has 0 N–H and O–H groups in total. The first kappa shape index (κ1) is 17.1. The Bertz CT molecular complexity index is 931. The largest absolute Gasteiger partial charge is 0.338 e. The van der Waals surface area contributed by atoms with Gasteiger partial charge in [-0.2, -0.15) is 4.98 Å². The lowest BCUT2D eigenvalue weighted by molar-refractivity contribution is 0.229. The molecule has 0 bridgehead atoms. The summed E-state index contributed by atoms with van der Waals surface area (Å²) in [5.74, 6) is 1.13. The highest BCUT2D eigenvalue weighted by molar-refractivity contribution is 5.51. The van der Waals surface area contributed by atoms with Gasteiger partial charge in [0.1, 0.15) is 0 Å². The summed E-state index contributed by atoms with van der Waals surface area (Å²) < 4.78 is 5.48. The van der Waals surface area contributed by atoms with Crippen LogP contribution < -0.4 is 0 Å². The van der Waals surface area contributed by atoms with Crippen molar-refractivity contribution in [3.63, 3.8) is 0 Å². The molecule has 0 spiro atoms. The topological polar surface area (TPSA) is 55.1 Å². The third-order valence-corrected chi connectivity index (χ3v) is 4.44. The number of hydrogen-bond donors (Lipinski definition) is 0. The zero-order chi connectivity index (χ0) is 18.5. The first-order valence-electron chi connectivity index (χ1n) is 8.84. The molecule has 134 valence electrons. The molecule has 5 nitrogen and oxygen atoms in total. The van der Waals surface area contributed by atoms with Crippen LogP contribution in [0.3, 0.4) is 0 Å². The molecule has 5 heteroatoms. The van der Waals surface area contributed by atoms with Crippen molar-refractivity contribution < 1.29 is 4.52 Å². The van der Waals surface area contributed by atoms with Gasteiger partial charge in [0, 0.05) is 18.0 Å². The summed E-state index contributed by atoms with van der Waals surface area (Å²) in [6, 6.07) is 24.8. The highest BCUT2D eigenvalue weighted by Crippen LogP contribution is 2.28. The van der Waals surface area contributed by atoms with Gasteiger partial charge in [0.2, 0.25) is 11.7 Å². The molecule has 0 unspecified atom stereocenters. The number of benzene rings is 2. The summed E-state index contributed by atoms with van der Waals surface area (Å²) in [5, 5.41) is 4.09. The molecule has 0 aliphatic heterocycles. The monoisotopic (exact) mass is 356 g/mol. The molecule has 2 aromatic heterocycles. The molecule has 0 atom stereocenters. The van der Waals surface area contributed by atoms with Crippen molar-refractivity contribution in [2.24, 2.45) is 0 Å². The first-order valence-corrected chi connectivity index (χ1v) is 8.84. The Balaban J connectivity index is 1.59. The van der Waals surface area contributed by atoms with Gasteiger partial charge >= 0.3 is 0 Å². The Morgan fingerprint density at radius 3 is 2.15 bits per heavy atom. The fourth-order valence-corrected chi connectivity index (χ4v) is 3.21. The highest BCUT2D eigenvalue weighted by atomic mass is 16.5. The molecule has 4 rings (SSSR count). The molecule has 0 amide bonds. The minimum Gasteiger partial charge on any atom is -0.338 e. The summed E-state index contributed by atoms with van der Waals surface area (Å²) in [4.78, 5) is 10.9. The molecular formula is C22H20N4O. The molecule has 0 saturated carbocycles. The summed E-state index contributed by atoms with van der Waals surface area (Å²) >= 11 is 0. The van der Waals surface area contributed by atoms with Gasteiger partial charge in [-0.05, 0) is 30.3 Å². The van der Waals surface area contributed by atoms with E-state index in [0.29, 0.717) is 18.3 Å². The van der Waals surface area contributed by atoms with Crippen molar-refractivity contribution in [3.05, 3.63) is 102 Å². The Kier molecular flexibility index (Phi) is 5.03. The van der Waals surface area contributed by atoms with Crippen molar-refractivity contribution in [2.45, 2.75) is 12.6 Å². The van der Waals surface area contributed by atoms with Crippen LogP contribution in [0.15, 0.2) is 89.7 Å².